The van der Waals surface area contributed by atoms with Crippen molar-refractivity contribution >= 4 is 23.3 Å². The Morgan fingerprint density at radius 3 is 2.60 bits per heavy atom. The highest BCUT2D eigenvalue weighted by atomic mass is 32.1. The molecule has 0 amide bonds. The second-order valence-electron chi connectivity index (χ2n) is 5.99. The SMILES string of the molecule is Cn1ccc(-c2cc(C(F)(F)F)c3c(=O)[nH]c(=S)n(C4CC4)c3n2)n1. The van der Waals surface area contributed by atoms with E-state index in [9.17, 15) is 18.0 Å². The molecule has 130 valence electrons. The van der Waals surface area contributed by atoms with Crippen molar-refractivity contribution in [3.8, 4) is 11.4 Å². The first-order valence-corrected chi connectivity index (χ1v) is 7.93. The minimum Gasteiger partial charge on any atom is -0.299 e. The second-order valence-corrected chi connectivity index (χ2v) is 6.37. The van der Waals surface area contributed by atoms with E-state index in [4.69, 9.17) is 12.2 Å². The molecule has 0 atom stereocenters. The van der Waals surface area contributed by atoms with Crippen molar-refractivity contribution in [1.29, 1.82) is 0 Å². The summed E-state index contributed by atoms with van der Waals surface area (Å²) in [6.45, 7) is 0. The van der Waals surface area contributed by atoms with Crippen LogP contribution in [0.25, 0.3) is 22.4 Å². The zero-order valence-corrected chi connectivity index (χ0v) is 13.8. The Bertz CT molecular complexity index is 1110. The van der Waals surface area contributed by atoms with E-state index in [2.05, 4.69) is 15.1 Å². The van der Waals surface area contributed by atoms with Crippen molar-refractivity contribution in [2.24, 2.45) is 7.05 Å². The van der Waals surface area contributed by atoms with Gasteiger partial charge in [-0.15, -0.1) is 0 Å². The van der Waals surface area contributed by atoms with Gasteiger partial charge in [-0.3, -0.25) is 19.0 Å². The first-order chi connectivity index (χ1) is 11.8. The van der Waals surface area contributed by atoms with Gasteiger partial charge in [0.2, 0.25) is 0 Å². The van der Waals surface area contributed by atoms with Crippen molar-refractivity contribution in [3.63, 3.8) is 0 Å². The molecule has 6 nitrogen and oxygen atoms in total. The van der Waals surface area contributed by atoms with E-state index >= 15 is 0 Å². The van der Waals surface area contributed by atoms with Gasteiger partial charge in [0.1, 0.15) is 11.3 Å². The number of pyridine rings is 1. The Balaban J connectivity index is 2.15. The highest BCUT2D eigenvalue weighted by Crippen LogP contribution is 2.39. The largest absolute Gasteiger partial charge is 0.417 e. The molecule has 4 rings (SSSR count). The Hall–Kier alpha value is -2.49. The van der Waals surface area contributed by atoms with E-state index in [1.165, 1.54) is 9.25 Å². The third-order valence-corrected chi connectivity index (χ3v) is 4.39. The molecule has 0 saturated heterocycles. The molecule has 1 aliphatic rings. The maximum Gasteiger partial charge on any atom is 0.417 e. The summed E-state index contributed by atoms with van der Waals surface area (Å²) in [6.07, 6.45) is -1.53. The maximum absolute atomic E-state index is 13.6. The quantitative estimate of drug-likeness (QED) is 0.707. The van der Waals surface area contributed by atoms with Crippen molar-refractivity contribution in [2.45, 2.75) is 25.1 Å². The molecule has 1 N–H and O–H groups in total. The van der Waals surface area contributed by atoms with Crippen LogP contribution in [0.15, 0.2) is 23.1 Å². The van der Waals surface area contributed by atoms with Crippen molar-refractivity contribution in [1.82, 2.24) is 24.3 Å². The van der Waals surface area contributed by atoms with Crippen LogP contribution in [-0.4, -0.2) is 24.3 Å². The molecule has 0 radical (unpaired) electrons. The lowest BCUT2D eigenvalue weighted by molar-refractivity contribution is -0.136. The lowest BCUT2D eigenvalue weighted by Gasteiger charge is -2.15. The van der Waals surface area contributed by atoms with Crippen LogP contribution >= 0.6 is 12.2 Å². The van der Waals surface area contributed by atoms with Crippen LogP contribution in [-0.2, 0) is 13.2 Å². The lowest BCUT2D eigenvalue weighted by Crippen LogP contribution is -2.20. The Labute approximate surface area is 143 Å². The summed E-state index contributed by atoms with van der Waals surface area (Å²) >= 11 is 5.15. The molecule has 1 aliphatic carbocycles. The summed E-state index contributed by atoms with van der Waals surface area (Å²) in [5.74, 6) is 0. The first-order valence-electron chi connectivity index (χ1n) is 7.52. The number of fused-ring (bicyclic) bond motifs is 1. The summed E-state index contributed by atoms with van der Waals surface area (Å²) in [5.41, 5.74) is -1.63. The average molecular weight is 367 g/mol. The topological polar surface area (TPSA) is 68.5 Å². The van der Waals surface area contributed by atoms with Gasteiger partial charge in [-0.05, 0) is 37.2 Å². The fourth-order valence-corrected chi connectivity index (χ4v) is 3.15. The van der Waals surface area contributed by atoms with Crippen LogP contribution in [0.1, 0.15) is 24.4 Å². The number of alkyl halides is 3. The monoisotopic (exact) mass is 367 g/mol. The number of hydrogen-bond acceptors (Lipinski definition) is 4. The number of nitrogens with zero attached hydrogens (tertiary/aromatic N) is 4. The number of halogens is 3. The first kappa shape index (κ1) is 16.0. The van der Waals surface area contributed by atoms with Crippen molar-refractivity contribution in [2.75, 3.05) is 0 Å². The Morgan fingerprint density at radius 1 is 1.32 bits per heavy atom. The Morgan fingerprint density at radius 2 is 2.04 bits per heavy atom. The molecule has 3 aromatic heterocycles. The van der Waals surface area contributed by atoms with Gasteiger partial charge in [0.05, 0.1) is 16.6 Å². The van der Waals surface area contributed by atoms with E-state index in [1.807, 2.05) is 0 Å². The molecular weight excluding hydrogens is 355 g/mol. The van der Waals surface area contributed by atoms with Gasteiger partial charge < -0.3 is 0 Å². The standard InChI is InChI=1S/C15H12F3N5OS/c1-22-5-4-9(21-22)10-6-8(15(16,17)18)11-12(19-10)23(7-2-3-7)14(25)20-13(11)24/h4-7H,2-3H2,1H3,(H,20,24,25). The number of H-pyrrole nitrogens is 1. The molecule has 1 saturated carbocycles. The number of aromatic nitrogens is 5. The van der Waals surface area contributed by atoms with Crippen LogP contribution in [0.5, 0.6) is 0 Å². The molecule has 25 heavy (non-hydrogen) atoms. The molecule has 3 heterocycles. The van der Waals surface area contributed by atoms with Gasteiger partial charge in [0.25, 0.3) is 5.56 Å². The zero-order valence-electron chi connectivity index (χ0n) is 13.0. The van der Waals surface area contributed by atoms with E-state index < -0.39 is 22.7 Å². The van der Waals surface area contributed by atoms with Crippen LogP contribution < -0.4 is 5.56 Å². The average Bonchev–Trinajstić information content (AvgIpc) is 3.25. The molecule has 0 bridgehead atoms. The third kappa shape index (κ3) is 2.66. The summed E-state index contributed by atoms with van der Waals surface area (Å²) in [4.78, 5) is 18.9. The van der Waals surface area contributed by atoms with Crippen LogP contribution in [0.4, 0.5) is 13.2 Å². The molecule has 1 fully saturated rings. The third-order valence-electron chi connectivity index (χ3n) is 4.09. The molecule has 0 aliphatic heterocycles. The van der Waals surface area contributed by atoms with Gasteiger partial charge >= 0.3 is 6.18 Å². The number of aromatic amines is 1. The smallest absolute Gasteiger partial charge is 0.299 e. The van der Waals surface area contributed by atoms with Crippen molar-refractivity contribution in [3.05, 3.63) is 39.0 Å². The van der Waals surface area contributed by atoms with Crippen LogP contribution in [0, 0.1) is 4.77 Å². The predicted molar refractivity (Wildman–Crippen MR) is 86.7 cm³/mol. The lowest BCUT2D eigenvalue weighted by atomic mass is 10.1. The van der Waals surface area contributed by atoms with E-state index in [1.54, 1.807) is 19.3 Å². The van der Waals surface area contributed by atoms with E-state index in [0.717, 1.165) is 18.9 Å². The number of aryl methyl sites for hydroxylation is 1. The van der Waals surface area contributed by atoms with Gasteiger partial charge in [0.15, 0.2) is 4.77 Å². The van der Waals surface area contributed by atoms with Gasteiger partial charge in [0, 0.05) is 19.3 Å². The Kier molecular flexibility index (Phi) is 3.36. The van der Waals surface area contributed by atoms with Gasteiger partial charge in [-0.2, -0.15) is 18.3 Å². The molecule has 3 aromatic rings. The summed E-state index contributed by atoms with van der Waals surface area (Å²) in [5, 5.41) is 3.62. The second kappa shape index (κ2) is 5.25. The predicted octanol–water partition coefficient (Wildman–Crippen LogP) is 3.21. The maximum atomic E-state index is 13.6. The molecule has 0 unspecified atom stereocenters. The van der Waals surface area contributed by atoms with Gasteiger partial charge in [-0.1, -0.05) is 0 Å². The minimum atomic E-state index is -4.71. The number of hydrogen-bond donors (Lipinski definition) is 1. The molecule has 0 aromatic carbocycles. The fourth-order valence-electron chi connectivity index (χ4n) is 2.82. The van der Waals surface area contributed by atoms with Crippen LogP contribution in [0.3, 0.4) is 0 Å². The normalized spacial score (nSPS) is 15.0. The minimum absolute atomic E-state index is 0.0422. The van der Waals surface area contributed by atoms with E-state index in [-0.39, 0.29) is 22.2 Å². The van der Waals surface area contributed by atoms with Gasteiger partial charge in [-0.25, -0.2) is 4.98 Å². The van der Waals surface area contributed by atoms with Crippen LogP contribution in [0.2, 0.25) is 0 Å². The zero-order chi connectivity index (χ0) is 17.9. The van der Waals surface area contributed by atoms with E-state index in [0.29, 0.717) is 5.69 Å². The summed E-state index contributed by atoms with van der Waals surface area (Å²) in [6, 6.07) is 2.39. The van der Waals surface area contributed by atoms with Crippen molar-refractivity contribution < 1.29 is 13.2 Å². The number of nitrogens with one attached hydrogen (secondary N) is 1. The summed E-state index contributed by atoms with van der Waals surface area (Å²) < 4.78 is 43.9. The molecule has 0 spiro atoms. The highest BCUT2D eigenvalue weighted by molar-refractivity contribution is 7.71. The number of rotatable bonds is 2. The fraction of sp³-hybridized carbons (Fsp3) is 0.333. The molecular formula is C15H12F3N5OS. The summed E-state index contributed by atoms with van der Waals surface area (Å²) in [7, 11) is 1.66. The molecule has 10 heteroatoms. The highest BCUT2D eigenvalue weighted by Gasteiger charge is 2.37.